The molecule has 6 nitrogen and oxygen atoms in total. The van der Waals surface area contributed by atoms with Gasteiger partial charge in [-0.15, -0.1) is 11.3 Å². The quantitative estimate of drug-likeness (QED) is 0.781. The Bertz CT molecular complexity index is 498. The molecule has 0 aliphatic carbocycles. The van der Waals surface area contributed by atoms with Crippen LogP contribution in [-0.2, 0) is 9.59 Å². The smallest absolute Gasteiger partial charge is 0.261 e. The van der Waals surface area contributed by atoms with Crippen molar-refractivity contribution in [3.05, 3.63) is 22.4 Å². The third-order valence-electron chi connectivity index (χ3n) is 3.28. The average Bonchev–Trinajstić information content (AvgIpc) is 3.02. The van der Waals surface area contributed by atoms with E-state index >= 15 is 0 Å². The monoisotopic (exact) mass is 325 g/mol. The van der Waals surface area contributed by atoms with Crippen molar-refractivity contribution in [2.75, 3.05) is 33.2 Å². The molecule has 122 valence electrons. The molecule has 0 aliphatic rings. The molecule has 1 aromatic heterocycles. The summed E-state index contributed by atoms with van der Waals surface area (Å²) >= 11 is 1.36. The van der Waals surface area contributed by atoms with E-state index in [1.165, 1.54) is 16.2 Å². The minimum atomic E-state index is -0.176. The highest BCUT2D eigenvalue weighted by Crippen LogP contribution is 2.07. The third kappa shape index (κ3) is 5.48. The summed E-state index contributed by atoms with van der Waals surface area (Å²) in [6.45, 7) is 5.41. The van der Waals surface area contributed by atoms with Crippen molar-refractivity contribution in [2.45, 2.75) is 20.3 Å². The van der Waals surface area contributed by atoms with E-state index in [2.05, 4.69) is 5.32 Å². The highest BCUT2D eigenvalue weighted by molar-refractivity contribution is 7.12. The van der Waals surface area contributed by atoms with E-state index < -0.39 is 0 Å². The molecule has 3 amide bonds. The van der Waals surface area contributed by atoms with Crippen LogP contribution in [-0.4, -0.2) is 60.7 Å². The van der Waals surface area contributed by atoms with E-state index in [0.29, 0.717) is 18.0 Å². The second-order valence-corrected chi connectivity index (χ2v) is 5.75. The Labute approximate surface area is 135 Å². The Kier molecular flexibility index (Phi) is 7.59. The molecule has 0 radical (unpaired) electrons. The third-order valence-corrected chi connectivity index (χ3v) is 4.15. The first-order valence-corrected chi connectivity index (χ1v) is 8.21. The molecule has 0 bridgehead atoms. The summed E-state index contributed by atoms with van der Waals surface area (Å²) in [7, 11) is 1.60. The molecule has 0 saturated carbocycles. The van der Waals surface area contributed by atoms with E-state index in [4.69, 9.17) is 0 Å². The fraction of sp³-hybridized carbons (Fsp3) is 0.533. The number of nitrogens with zero attached hydrogens (tertiary/aromatic N) is 2. The van der Waals surface area contributed by atoms with Crippen molar-refractivity contribution >= 4 is 29.1 Å². The number of carbonyl (C=O) groups is 3. The predicted octanol–water partition coefficient (Wildman–Crippen LogP) is 1.19. The molecule has 0 saturated heterocycles. The number of nitrogens with one attached hydrogen (secondary N) is 1. The van der Waals surface area contributed by atoms with E-state index in [1.54, 1.807) is 24.1 Å². The van der Waals surface area contributed by atoms with Crippen LogP contribution in [0.3, 0.4) is 0 Å². The number of hydrogen-bond donors (Lipinski definition) is 1. The van der Waals surface area contributed by atoms with Crippen LogP contribution in [0.1, 0.15) is 29.9 Å². The number of amides is 3. The van der Waals surface area contributed by atoms with Crippen LogP contribution in [0.15, 0.2) is 17.5 Å². The van der Waals surface area contributed by atoms with Gasteiger partial charge in [0.25, 0.3) is 5.91 Å². The van der Waals surface area contributed by atoms with Crippen molar-refractivity contribution in [3.63, 3.8) is 0 Å². The van der Waals surface area contributed by atoms with Gasteiger partial charge in [0.05, 0.1) is 11.4 Å². The van der Waals surface area contributed by atoms with Crippen LogP contribution in [0.4, 0.5) is 0 Å². The first kappa shape index (κ1) is 18.2. The van der Waals surface area contributed by atoms with Gasteiger partial charge in [0.15, 0.2) is 0 Å². The summed E-state index contributed by atoms with van der Waals surface area (Å²) in [4.78, 5) is 39.3. The maximum absolute atomic E-state index is 12.0. The second kappa shape index (κ2) is 9.19. The van der Waals surface area contributed by atoms with Gasteiger partial charge in [-0.05, 0) is 25.3 Å². The number of rotatable bonds is 8. The standard InChI is InChI=1S/C15H23N3O3S/c1-4-18(5-2)14(20)11-17(3)13(19)8-9-16-15(21)12-7-6-10-22-12/h6-7,10H,4-5,8-9,11H2,1-3H3,(H,16,21). The average molecular weight is 325 g/mol. The molecule has 0 fully saturated rings. The molecule has 0 aromatic carbocycles. The molecule has 0 aliphatic heterocycles. The van der Waals surface area contributed by atoms with Gasteiger partial charge in [0.2, 0.25) is 11.8 Å². The largest absolute Gasteiger partial charge is 0.351 e. The molecule has 7 heteroatoms. The number of thiophene rings is 1. The zero-order valence-corrected chi connectivity index (χ0v) is 14.1. The Morgan fingerprint density at radius 2 is 1.86 bits per heavy atom. The van der Waals surface area contributed by atoms with Gasteiger partial charge in [-0.2, -0.15) is 0 Å². The van der Waals surface area contributed by atoms with Crippen molar-refractivity contribution in [2.24, 2.45) is 0 Å². The molecular formula is C15H23N3O3S. The Morgan fingerprint density at radius 1 is 1.18 bits per heavy atom. The molecule has 22 heavy (non-hydrogen) atoms. The SMILES string of the molecule is CCN(CC)C(=O)CN(C)C(=O)CCNC(=O)c1cccs1. The van der Waals surface area contributed by atoms with Gasteiger partial charge in [-0.3, -0.25) is 14.4 Å². The fourth-order valence-corrected chi connectivity index (χ4v) is 2.58. The summed E-state index contributed by atoms with van der Waals surface area (Å²) in [5.41, 5.74) is 0. The van der Waals surface area contributed by atoms with E-state index in [0.717, 1.165) is 0 Å². The normalized spacial score (nSPS) is 10.1. The van der Waals surface area contributed by atoms with Crippen molar-refractivity contribution < 1.29 is 14.4 Å². The Hall–Kier alpha value is -1.89. The van der Waals surface area contributed by atoms with Crippen LogP contribution in [0.5, 0.6) is 0 Å². The summed E-state index contributed by atoms with van der Waals surface area (Å²) < 4.78 is 0. The zero-order valence-electron chi connectivity index (χ0n) is 13.3. The first-order chi connectivity index (χ1) is 10.5. The molecule has 1 rings (SSSR count). The molecule has 0 spiro atoms. The van der Waals surface area contributed by atoms with Crippen LogP contribution in [0.2, 0.25) is 0 Å². The van der Waals surface area contributed by atoms with Crippen molar-refractivity contribution in [1.82, 2.24) is 15.1 Å². The van der Waals surface area contributed by atoms with Crippen LogP contribution >= 0.6 is 11.3 Å². The number of likely N-dealkylation sites (N-methyl/N-ethyl adjacent to an activating group) is 2. The lowest BCUT2D eigenvalue weighted by Crippen LogP contribution is -2.41. The highest BCUT2D eigenvalue weighted by atomic mass is 32.1. The van der Waals surface area contributed by atoms with E-state index in [-0.39, 0.29) is 37.2 Å². The van der Waals surface area contributed by atoms with Crippen LogP contribution in [0.25, 0.3) is 0 Å². The summed E-state index contributed by atoms with van der Waals surface area (Å²) in [5, 5.41) is 4.52. The second-order valence-electron chi connectivity index (χ2n) is 4.80. The molecule has 1 N–H and O–H groups in total. The number of carbonyl (C=O) groups excluding carboxylic acids is 3. The number of hydrogen-bond acceptors (Lipinski definition) is 4. The van der Waals surface area contributed by atoms with E-state index in [9.17, 15) is 14.4 Å². The summed E-state index contributed by atoms with van der Waals surface area (Å²) in [6.07, 6.45) is 0.180. The minimum Gasteiger partial charge on any atom is -0.351 e. The summed E-state index contributed by atoms with van der Waals surface area (Å²) in [6, 6.07) is 3.54. The van der Waals surface area contributed by atoms with Gasteiger partial charge in [-0.25, -0.2) is 0 Å². The lowest BCUT2D eigenvalue weighted by Gasteiger charge is -2.23. The maximum Gasteiger partial charge on any atom is 0.261 e. The van der Waals surface area contributed by atoms with Gasteiger partial charge < -0.3 is 15.1 Å². The Balaban J connectivity index is 2.32. The van der Waals surface area contributed by atoms with E-state index in [1.807, 2.05) is 19.2 Å². The van der Waals surface area contributed by atoms with Gasteiger partial charge in [-0.1, -0.05) is 6.07 Å². The molecule has 1 heterocycles. The minimum absolute atomic E-state index is 0.0662. The topological polar surface area (TPSA) is 69.7 Å². The molecule has 1 aromatic rings. The molecule has 0 unspecified atom stereocenters. The van der Waals surface area contributed by atoms with Crippen LogP contribution < -0.4 is 5.32 Å². The fourth-order valence-electron chi connectivity index (χ4n) is 1.94. The van der Waals surface area contributed by atoms with Crippen molar-refractivity contribution in [3.8, 4) is 0 Å². The molecule has 0 atom stereocenters. The lowest BCUT2D eigenvalue weighted by molar-refractivity contribution is -0.139. The maximum atomic E-state index is 12.0. The lowest BCUT2D eigenvalue weighted by atomic mass is 10.3. The predicted molar refractivity (Wildman–Crippen MR) is 86.8 cm³/mol. The Morgan fingerprint density at radius 3 is 2.41 bits per heavy atom. The highest BCUT2D eigenvalue weighted by Gasteiger charge is 2.16. The van der Waals surface area contributed by atoms with Gasteiger partial charge in [0, 0.05) is 33.1 Å². The van der Waals surface area contributed by atoms with Crippen molar-refractivity contribution in [1.29, 1.82) is 0 Å². The van der Waals surface area contributed by atoms with Gasteiger partial charge in [0.1, 0.15) is 0 Å². The van der Waals surface area contributed by atoms with Crippen LogP contribution in [0, 0.1) is 0 Å². The van der Waals surface area contributed by atoms with Gasteiger partial charge >= 0.3 is 0 Å². The first-order valence-electron chi connectivity index (χ1n) is 7.33. The molecular weight excluding hydrogens is 302 g/mol. The summed E-state index contributed by atoms with van der Waals surface area (Å²) in [5.74, 6) is -0.403. The zero-order chi connectivity index (χ0) is 16.5.